The van der Waals surface area contributed by atoms with Crippen LogP contribution in [0.3, 0.4) is 0 Å². The quantitative estimate of drug-likeness (QED) is 0.0190. The van der Waals surface area contributed by atoms with E-state index in [-0.39, 0.29) is 104 Å². The van der Waals surface area contributed by atoms with Crippen molar-refractivity contribution in [1.29, 1.82) is 0 Å². The number of carbonyl (C=O) groups is 4. The summed E-state index contributed by atoms with van der Waals surface area (Å²) in [6.07, 6.45) is -16.7. The lowest BCUT2D eigenvalue weighted by atomic mass is 10.1. The van der Waals surface area contributed by atoms with E-state index in [1.807, 2.05) is 30.5 Å². The lowest BCUT2D eigenvalue weighted by molar-refractivity contribution is -0.275. The molecule has 26 nitrogen and oxygen atoms in total. The summed E-state index contributed by atoms with van der Waals surface area (Å²) in [5.41, 5.74) is 8.93. The number of methoxy groups -OCH3 is 2. The molecule has 4 aromatic heterocycles. The van der Waals surface area contributed by atoms with Crippen molar-refractivity contribution in [1.82, 2.24) is 38.2 Å². The fraction of sp³-hybridized carbons (Fsp3) is 0.121. The van der Waals surface area contributed by atoms with E-state index < -0.39 is 81.2 Å². The standard InChI is InChI=1S/C23H17F4N3O3.C23H19F3N4OS.C23H18F3N3O4.C22H17F3N4O4S/c1-33-17-7-5-16(6-8-17)28-22-29-19-10-13(21(31)32)3-9-20(19)30(22)12-14-2-4-15(24)11-18(14)23(25,26)27;1-32-17-9-7-16(8-10-17)28-22-29-19-12-14(21(27)31)6-11-20(19)30(22)13-15-4-2-3-5-18(15)23(24,25)26;1-32-17-9-7-16(8-10-17)27-22-28-18-12-14(21(30)31)6-11-19(18)29(22)13-15-4-2-3-5-20(15)33-23(24,25)26;23-22(24,25)17-4-2-1-3-14(17)12-29-19-10-5-13(20(30)31)11-18(19)28-21(29)27-15-6-8-16(9-7-15)34(26,32)33/h2-11H,12H2,1H3,(H,28,29)(H,31,32);2-12H,13H2,1H3,(H2,27,31)(H,28,29);2-12H,13H2,1H3,(H,27,28)(H,30,31);1-11H,12H2,(H,27,28)(H,30,31)(H2,26,32,33). The molecule has 0 bridgehead atoms. The Kier molecular flexibility index (Phi) is 27.9. The van der Waals surface area contributed by atoms with Gasteiger partial charge in [-0.3, -0.25) is 4.79 Å². The molecule has 0 fully saturated rings. The number of halogens is 13. The number of amides is 1. The number of nitrogens with one attached hydrogen (secondary N) is 4. The maximum atomic E-state index is 13.6. The van der Waals surface area contributed by atoms with E-state index in [0.717, 1.165) is 34.8 Å². The van der Waals surface area contributed by atoms with E-state index in [1.165, 1.54) is 150 Å². The van der Waals surface area contributed by atoms with Gasteiger partial charge in [-0.1, -0.05) is 60.7 Å². The molecule has 16 aromatic rings. The molecular weight excluding hydrogens is 1790 g/mol. The summed E-state index contributed by atoms with van der Waals surface area (Å²) in [5.74, 6) is -3.11. The summed E-state index contributed by atoms with van der Waals surface area (Å²) >= 11 is 1.60. The lowest BCUT2D eigenvalue weighted by Crippen LogP contribution is -2.18. The number of carbonyl (C=O) groups excluding carboxylic acids is 1. The Morgan fingerprint density at radius 3 is 1.03 bits per heavy atom. The number of carboxylic acid groups (broad SMARTS) is 3. The Hall–Kier alpha value is -15.7. The van der Waals surface area contributed by atoms with Gasteiger partial charge in [0.15, 0.2) is 0 Å². The first-order valence-corrected chi connectivity index (χ1v) is 41.5. The van der Waals surface area contributed by atoms with Crippen LogP contribution < -0.4 is 46.4 Å². The number of nitrogens with two attached hydrogens (primary N) is 2. The molecule has 680 valence electrons. The van der Waals surface area contributed by atoms with E-state index in [4.69, 9.17) is 20.3 Å². The molecule has 0 saturated heterocycles. The molecule has 0 unspecified atom stereocenters. The number of imidazole rings is 4. The molecule has 1 amide bonds. The van der Waals surface area contributed by atoms with Crippen LogP contribution in [0.2, 0.25) is 0 Å². The summed E-state index contributed by atoms with van der Waals surface area (Å²) < 4.78 is 218. The minimum absolute atomic E-state index is 0.00629. The zero-order chi connectivity index (χ0) is 94.9. The molecule has 41 heteroatoms. The van der Waals surface area contributed by atoms with Crippen LogP contribution >= 0.6 is 11.8 Å². The van der Waals surface area contributed by atoms with Gasteiger partial charge in [-0.2, -0.15) is 39.5 Å². The number of aromatic carboxylic acids is 3. The Labute approximate surface area is 743 Å². The smallest absolute Gasteiger partial charge is 0.497 e. The summed E-state index contributed by atoms with van der Waals surface area (Å²) in [7, 11) is -0.844. The number of fused-ring (bicyclic) bond motifs is 4. The molecule has 16 rings (SSSR count). The maximum absolute atomic E-state index is 13.6. The van der Waals surface area contributed by atoms with Crippen LogP contribution in [0.25, 0.3) is 44.1 Å². The highest BCUT2D eigenvalue weighted by atomic mass is 32.2. The van der Waals surface area contributed by atoms with Crippen molar-refractivity contribution < 1.29 is 114 Å². The minimum Gasteiger partial charge on any atom is -0.497 e. The van der Waals surface area contributed by atoms with Gasteiger partial charge < -0.3 is 74.8 Å². The predicted octanol–water partition coefficient (Wildman–Crippen LogP) is 21.0. The third-order valence-corrected chi connectivity index (χ3v) is 21.7. The number of anilines is 8. The number of benzene rings is 12. The van der Waals surface area contributed by atoms with Crippen LogP contribution in [0.4, 0.5) is 104 Å². The number of alkyl halides is 12. The molecule has 0 spiro atoms. The van der Waals surface area contributed by atoms with E-state index in [0.29, 0.717) is 79.6 Å². The molecule has 0 aliphatic carbocycles. The fourth-order valence-corrected chi connectivity index (χ4v) is 14.6. The summed E-state index contributed by atoms with van der Waals surface area (Å²) in [6.45, 7) is -0.562. The Morgan fingerprint density at radius 1 is 0.394 bits per heavy atom. The monoisotopic (exact) mass is 1860 g/mol. The molecule has 0 aliphatic heterocycles. The second-order valence-corrected chi connectivity index (χ2v) is 31.1. The topological polar surface area (TPSA) is 362 Å². The first-order chi connectivity index (χ1) is 62.6. The van der Waals surface area contributed by atoms with E-state index >= 15 is 0 Å². The summed E-state index contributed by atoms with van der Waals surface area (Å²) in [4.78, 5) is 64.4. The van der Waals surface area contributed by atoms with Gasteiger partial charge in [-0.25, -0.2) is 52.3 Å². The highest BCUT2D eigenvalue weighted by Crippen LogP contribution is 2.40. The minimum atomic E-state index is -4.84. The molecule has 0 saturated carbocycles. The molecule has 0 aliphatic rings. The molecule has 12 aromatic carbocycles. The van der Waals surface area contributed by atoms with Crippen molar-refractivity contribution >= 4 is 136 Å². The van der Waals surface area contributed by atoms with Gasteiger partial charge in [-0.05, 0) is 223 Å². The van der Waals surface area contributed by atoms with Crippen molar-refractivity contribution in [3.63, 3.8) is 0 Å². The third kappa shape index (κ3) is 22.9. The zero-order valence-electron chi connectivity index (χ0n) is 68.6. The predicted molar refractivity (Wildman–Crippen MR) is 467 cm³/mol. The largest absolute Gasteiger partial charge is 0.573 e. The van der Waals surface area contributed by atoms with Gasteiger partial charge in [0.25, 0.3) is 0 Å². The zero-order valence-corrected chi connectivity index (χ0v) is 70.3. The average Bonchev–Trinajstić information content (AvgIpc) is 1.64. The Morgan fingerprint density at radius 2 is 0.705 bits per heavy atom. The second kappa shape index (κ2) is 39.1. The van der Waals surface area contributed by atoms with Gasteiger partial charge in [-0.15, -0.1) is 24.9 Å². The Bertz CT molecular complexity index is 7090. The summed E-state index contributed by atoms with van der Waals surface area (Å²) in [5, 5.41) is 45.3. The van der Waals surface area contributed by atoms with Crippen LogP contribution in [-0.2, 0) is 54.7 Å². The number of nitrogens with zero attached hydrogens (tertiary/aromatic N) is 8. The highest BCUT2D eigenvalue weighted by molar-refractivity contribution is 7.98. The average molecular weight is 1860 g/mol. The van der Waals surface area contributed by atoms with Crippen LogP contribution in [0.15, 0.2) is 271 Å². The number of carboxylic acids is 3. The number of ether oxygens (including phenoxy) is 3. The van der Waals surface area contributed by atoms with Gasteiger partial charge in [0.05, 0.1) is 123 Å². The number of hydrogen-bond acceptors (Lipinski definition) is 18. The highest BCUT2D eigenvalue weighted by Gasteiger charge is 2.37. The normalized spacial score (nSPS) is 11.7. The SMILES string of the molecule is COc1ccc(Nc2nc3cc(C(=O)O)ccc3n2Cc2ccc(F)cc2C(F)(F)F)cc1.COc1ccc(Nc2nc3cc(C(=O)O)ccc3n2Cc2ccccc2OC(F)(F)F)cc1.CSc1ccc(Nc2nc3cc(C(N)=O)ccc3n2Cc2ccccc2C(F)(F)F)cc1.NS(=O)(=O)c1ccc(Nc2nc3cc(C(=O)O)ccc3n2Cc2ccccc2C(F)(F)F)cc1. The first kappa shape index (κ1) is 94.0. The number of thioether (sulfide) groups is 1. The van der Waals surface area contributed by atoms with Crippen LogP contribution in [0, 0.1) is 5.82 Å². The van der Waals surface area contributed by atoms with Crippen LogP contribution in [0.5, 0.6) is 17.2 Å². The number of hydrogen-bond donors (Lipinski definition) is 9. The van der Waals surface area contributed by atoms with Crippen molar-refractivity contribution in [3.8, 4) is 17.2 Å². The van der Waals surface area contributed by atoms with Crippen molar-refractivity contribution in [2.24, 2.45) is 10.9 Å². The fourth-order valence-electron chi connectivity index (χ4n) is 13.7. The van der Waals surface area contributed by atoms with Crippen molar-refractivity contribution in [3.05, 3.63) is 328 Å². The van der Waals surface area contributed by atoms with Crippen LogP contribution in [-0.4, -0.2) is 113 Å². The number of para-hydroxylation sites is 1. The summed E-state index contributed by atoms with van der Waals surface area (Å²) in [6, 6.07) is 63.0. The van der Waals surface area contributed by atoms with E-state index in [1.54, 1.807) is 101 Å². The molecule has 4 heterocycles. The molecule has 0 atom stereocenters. The van der Waals surface area contributed by atoms with Crippen molar-refractivity contribution in [2.75, 3.05) is 41.7 Å². The van der Waals surface area contributed by atoms with Gasteiger partial charge >= 0.3 is 42.8 Å². The number of aromatic nitrogens is 8. The first-order valence-electron chi connectivity index (χ1n) is 38.7. The lowest BCUT2D eigenvalue weighted by Gasteiger charge is -2.16. The third-order valence-electron chi connectivity index (χ3n) is 20.0. The van der Waals surface area contributed by atoms with Crippen LogP contribution in [0.1, 0.15) is 80.4 Å². The Balaban J connectivity index is 0.000000150. The number of sulfonamides is 1. The number of primary amides is 1. The van der Waals surface area contributed by atoms with Gasteiger partial charge in [0, 0.05) is 38.8 Å². The molecular formula is C91H71F13N14O12S2. The van der Waals surface area contributed by atoms with Gasteiger partial charge in [0.2, 0.25) is 39.7 Å². The molecule has 0 radical (unpaired) electrons. The molecule has 11 N–H and O–H groups in total. The molecule has 132 heavy (non-hydrogen) atoms. The van der Waals surface area contributed by atoms with Crippen molar-refractivity contribution in [2.45, 2.75) is 60.9 Å². The number of rotatable bonds is 25. The van der Waals surface area contributed by atoms with E-state index in [2.05, 4.69) is 45.9 Å². The maximum Gasteiger partial charge on any atom is 0.573 e. The number of primary sulfonamides is 1. The van der Waals surface area contributed by atoms with E-state index in [9.17, 15) is 100.0 Å². The van der Waals surface area contributed by atoms with Gasteiger partial charge in [0.1, 0.15) is 23.1 Å². The second-order valence-electron chi connectivity index (χ2n) is 28.7.